The van der Waals surface area contributed by atoms with Gasteiger partial charge < -0.3 is 14.9 Å². The van der Waals surface area contributed by atoms with Crippen LogP contribution in [0, 0.1) is 10.1 Å². The summed E-state index contributed by atoms with van der Waals surface area (Å²) < 4.78 is 38.6. The van der Waals surface area contributed by atoms with Crippen LogP contribution in [-0.4, -0.2) is 47.0 Å². The topological polar surface area (TPSA) is 86.9 Å². The molecule has 7 nitrogen and oxygen atoms in total. The van der Waals surface area contributed by atoms with Crippen LogP contribution in [0.5, 0.6) is 5.75 Å². The number of nitro benzene ring substituents is 1. The molecule has 29 heavy (non-hydrogen) atoms. The standard InChI is InChI=1S/C18H15ClF3N3O4/c19-12-2-4-16(26)13(10-12)17(27)24-7-5-23(6-8-24)14-3-1-11(18(20,21)22)9-15(14)25(28)29/h1-4,9-10,26H,5-8H2. The van der Waals surface area contributed by atoms with E-state index in [1.807, 2.05) is 0 Å². The molecule has 2 aromatic rings. The third-order valence-electron chi connectivity index (χ3n) is 4.60. The highest BCUT2D eigenvalue weighted by atomic mass is 35.5. The van der Waals surface area contributed by atoms with Gasteiger partial charge >= 0.3 is 6.18 Å². The number of nitrogens with zero attached hydrogens (tertiary/aromatic N) is 3. The van der Waals surface area contributed by atoms with E-state index in [0.717, 1.165) is 12.1 Å². The van der Waals surface area contributed by atoms with E-state index in [9.17, 15) is 33.2 Å². The van der Waals surface area contributed by atoms with Crippen LogP contribution in [-0.2, 0) is 6.18 Å². The lowest BCUT2D eigenvalue weighted by Gasteiger charge is -2.36. The highest BCUT2D eigenvalue weighted by Gasteiger charge is 2.34. The number of nitro groups is 1. The van der Waals surface area contributed by atoms with Crippen molar-refractivity contribution in [2.24, 2.45) is 0 Å². The van der Waals surface area contributed by atoms with E-state index < -0.39 is 28.3 Å². The predicted molar refractivity (Wildman–Crippen MR) is 99.3 cm³/mol. The van der Waals surface area contributed by atoms with Crippen LogP contribution in [0.2, 0.25) is 5.02 Å². The number of piperazine rings is 1. The van der Waals surface area contributed by atoms with Crippen LogP contribution in [0.15, 0.2) is 36.4 Å². The zero-order valence-electron chi connectivity index (χ0n) is 14.8. The van der Waals surface area contributed by atoms with Crippen LogP contribution in [0.3, 0.4) is 0 Å². The van der Waals surface area contributed by atoms with Gasteiger partial charge in [0.15, 0.2) is 0 Å². The number of benzene rings is 2. The molecule has 2 aromatic carbocycles. The summed E-state index contributed by atoms with van der Waals surface area (Å²) in [5.41, 5.74) is -1.66. The van der Waals surface area contributed by atoms with Crippen molar-refractivity contribution < 1.29 is 28.0 Å². The molecule has 1 heterocycles. The minimum atomic E-state index is -4.69. The van der Waals surface area contributed by atoms with Crippen molar-refractivity contribution in [1.29, 1.82) is 0 Å². The van der Waals surface area contributed by atoms with E-state index in [2.05, 4.69) is 0 Å². The Hall–Kier alpha value is -3.01. The molecule has 3 rings (SSSR count). The number of rotatable bonds is 3. The normalized spacial score (nSPS) is 14.8. The van der Waals surface area contributed by atoms with Gasteiger partial charge in [-0.1, -0.05) is 11.6 Å². The SMILES string of the molecule is O=C(c1cc(Cl)ccc1O)N1CCN(c2ccc(C(F)(F)F)cc2[N+](=O)[O-])CC1. The largest absolute Gasteiger partial charge is 0.507 e. The Labute approximate surface area is 168 Å². The molecule has 0 unspecified atom stereocenters. The number of carbonyl (C=O) groups excluding carboxylic acids is 1. The molecule has 0 aromatic heterocycles. The Kier molecular flexibility index (Phi) is 5.56. The van der Waals surface area contributed by atoms with Gasteiger partial charge in [-0.2, -0.15) is 13.2 Å². The number of aromatic hydroxyl groups is 1. The molecule has 1 N–H and O–H groups in total. The van der Waals surface area contributed by atoms with E-state index >= 15 is 0 Å². The molecule has 154 valence electrons. The number of hydrogen-bond donors (Lipinski definition) is 1. The van der Waals surface area contributed by atoms with E-state index in [-0.39, 0.29) is 48.2 Å². The van der Waals surface area contributed by atoms with E-state index in [0.29, 0.717) is 6.07 Å². The van der Waals surface area contributed by atoms with Gasteiger partial charge in [0.25, 0.3) is 11.6 Å². The summed E-state index contributed by atoms with van der Waals surface area (Å²) in [5, 5.41) is 21.4. The fraction of sp³-hybridized carbons (Fsp3) is 0.278. The van der Waals surface area contributed by atoms with Gasteiger partial charge in [-0.15, -0.1) is 0 Å². The highest BCUT2D eigenvalue weighted by molar-refractivity contribution is 6.31. The number of alkyl halides is 3. The molecule has 11 heteroatoms. The number of phenolic OH excluding ortho intramolecular Hbond substituents is 1. The first-order valence-corrected chi connectivity index (χ1v) is 8.84. The summed E-state index contributed by atoms with van der Waals surface area (Å²) in [6.07, 6.45) is -4.69. The molecule has 1 aliphatic rings. The van der Waals surface area contributed by atoms with Gasteiger partial charge in [-0.05, 0) is 30.3 Å². The second-order valence-corrected chi connectivity index (χ2v) is 6.84. The van der Waals surface area contributed by atoms with Crippen LogP contribution in [0.1, 0.15) is 15.9 Å². The Morgan fingerprint density at radius 1 is 1.10 bits per heavy atom. The van der Waals surface area contributed by atoms with Crippen LogP contribution in [0.4, 0.5) is 24.5 Å². The van der Waals surface area contributed by atoms with Crippen molar-refractivity contribution in [2.75, 3.05) is 31.1 Å². The van der Waals surface area contributed by atoms with E-state index in [4.69, 9.17) is 11.6 Å². The van der Waals surface area contributed by atoms with Crippen LogP contribution < -0.4 is 4.90 Å². The molecule has 0 spiro atoms. The van der Waals surface area contributed by atoms with Gasteiger partial charge in [0, 0.05) is 37.3 Å². The fourth-order valence-corrected chi connectivity index (χ4v) is 3.29. The van der Waals surface area contributed by atoms with Gasteiger partial charge in [0.05, 0.1) is 16.1 Å². The summed E-state index contributed by atoms with van der Waals surface area (Å²) in [7, 11) is 0. The summed E-state index contributed by atoms with van der Waals surface area (Å²) in [4.78, 5) is 26.0. The smallest absolute Gasteiger partial charge is 0.416 e. The zero-order valence-corrected chi connectivity index (χ0v) is 15.6. The van der Waals surface area contributed by atoms with Crippen molar-refractivity contribution in [2.45, 2.75) is 6.18 Å². The Morgan fingerprint density at radius 3 is 2.34 bits per heavy atom. The molecule has 0 aliphatic carbocycles. The van der Waals surface area contributed by atoms with Crippen molar-refractivity contribution in [3.63, 3.8) is 0 Å². The molecule has 0 radical (unpaired) electrons. The second kappa shape index (κ2) is 7.78. The Morgan fingerprint density at radius 2 is 1.76 bits per heavy atom. The number of carbonyl (C=O) groups is 1. The lowest BCUT2D eigenvalue weighted by molar-refractivity contribution is -0.384. The summed E-state index contributed by atoms with van der Waals surface area (Å²) in [6, 6.07) is 6.46. The fourth-order valence-electron chi connectivity index (χ4n) is 3.11. The number of phenols is 1. The molecule has 0 atom stereocenters. The highest BCUT2D eigenvalue weighted by Crippen LogP contribution is 2.37. The van der Waals surface area contributed by atoms with Crippen molar-refractivity contribution in [1.82, 2.24) is 4.90 Å². The summed E-state index contributed by atoms with van der Waals surface area (Å²) >= 11 is 5.86. The third kappa shape index (κ3) is 4.37. The first-order chi connectivity index (χ1) is 13.6. The maximum Gasteiger partial charge on any atom is 0.416 e. The lowest BCUT2D eigenvalue weighted by atomic mass is 10.1. The second-order valence-electron chi connectivity index (χ2n) is 6.40. The molecule has 1 saturated heterocycles. The Balaban J connectivity index is 1.78. The molecular formula is C18H15ClF3N3O4. The summed E-state index contributed by atoms with van der Waals surface area (Å²) in [5.74, 6) is -0.674. The molecule has 0 saturated carbocycles. The molecular weight excluding hydrogens is 415 g/mol. The average Bonchev–Trinajstić information content (AvgIpc) is 2.68. The van der Waals surface area contributed by atoms with Gasteiger partial charge in [-0.3, -0.25) is 14.9 Å². The maximum absolute atomic E-state index is 12.9. The van der Waals surface area contributed by atoms with Crippen molar-refractivity contribution >= 4 is 28.9 Å². The molecule has 1 fully saturated rings. The average molecular weight is 430 g/mol. The molecule has 1 aliphatic heterocycles. The van der Waals surface area contributed by atoms with Crippen molar-refractivity contribution in [3.05, 3.63) is 62.7 Å². The third-order valence-corrected chi connectivity index (χ3v) is 4.83. The molecule has 1 amide bonds. The minimum absolute atomic E-state index is 0.0338. The van der Waals surface area contributed by atoms with Gasteiger partial charge in [-0.25, -0.2) is 0 Å². The quantitative estimate of drug-likeness (QED) is 0.590. The zero-order chi connectivity index (χ0) is 21.3. The van der Waals surface area contributed by atoms with Crippen LogP contribution in [0.25, 0.3) is 0 Å². The van der Waals surface area contributed by atoms with E-state index in [1.165, 1.54) is 23.1 Å². The van der Waals surface area contributed by atoms with E-state index in [1.54, 1.807) is 4.90 Å². The maximum atomic E-state index is 12.9. The number of halogens is 4. The number of amides is 1. The lowest BCUT2D eigenvalue weighted by Crippen LogP contribution is -2.49. The minimum Gasteiger partial charge on any atom is -0.507 e. The number of anilines is 1. The van der Waals surface area contributed by atoms with Gasteiger partial charge in [0.1, 0.15) is 11.4 Å². The van der Waals surface area contributed by atoms with Gasteiger partial charge in [0.2, 0.25) is 0 Å². The number of hydrogen-bond acceptors (Lipinski definition) is 5. The first kappa shape index (κ1) is 20.7. The van der Waals surface area contributed by atoms with Crippen molar-refractivity contribution in [3.8, 4) is 5.75 Å². The Bertz CT molecular complexity index is 960. The molecule has 0 bridgehead atoms. The monoisotopic (exact) mass is 429 g/mol. The summed E-state index contributed by atoms with van der Waals surface area (Å²) in [6.45, 7) is 0.699. The first-order valence-electron chi connectivity index (χ1n) is 8.46. The van der Waals surface area contributed by atoms with Crippen LogP contribution >= 0.6 is 11.6 Å². The predicted octanol–water partition coefficient (Wildman–Crippen LogP) is 3.94.